The molecule has 5 rings (SSSR count). The monoisotopic (exact) mass is 497 g/mol. The molecule has 1 fully saturated rings. The van der Waals surface area contributed by atoms with Gasteiger partial charge in [0.25, 0.3) is 5.91 Å². The first kappa shape index (κ1) is 23.3. The van der Waals surface area contributed by atoms with Crippen molar-refractivity contribution in [2.24, 2.45) is 0 Å². The summed E-state index contributed by atoms with van der Waals surface area (Å²) in [7, 11) is 0. The van der Waals surface area contributed by atoms with E-state index in [2.05, 4.69) is 15.0 Å². The smallest absolute Gasteiger partial charge is 0.417 e. The number of benzene rings is 1. The van der Waals surface area contributed by atoms with E-state index in [1.807, 2.05) is 0 Å². The molecule has 1 atom stereocenters. The molecule has 4 aromatic rings. The zero-order chi connectivity index (χ0) is 25.6. The lowest BCUT2D eigenvalue weighted by atomic mass is 10.1. The number of imide groups is 1. The van der Waals surface area contributed by atoms with Gasteiger partial charge in [-0.2, -0.15) is 13.2 Å². The predicted octanol–water partition coefficient (Wildman–Crippen LogP) is 4.80. The number of aromatic nitrogens is 3. The second-order valence-corrected chi connectivity index (χ2v) is 8.08. The maximum Gasteiger partial charge on any atom is 0.417 e. The third kappa shape index (κ3) is 4.11. The van der Waals surface area contributed by atoms with Gasteiger partial charge >= 0.3 is 12.2 Å². The highest BCUT2D eigenvalue weighted by atomic mass is 19.4. The number of nitrogens with zero attached hydrogens (tertiary/aromatic N) is 4. The van der Waals surface area contributed by atoms with Gasteiger partial charge in [-0.1, -0.05) is 0 Å². The number of pyridine rings is 2. The molecule has 1 unspecified atom stereocenters. The van der Waals surface area contributed by atoms with E-state index in [4.69, 9.17) is 4.74 Å². The number of rotatable bonds is 5. The van der Waals surface area contributed by atoms with Crippen molar-refractivity contribution >= 4 is 34.3 Å². The summed E-state index contributed by atoms with van der Waals surface area (Å²) in [5.41, 5.74) is -0.149. The molecule has 3 aromatic heterocycles. The molecule has 1 aliphatic heterocycles. The molecule has 0 aliphatic carbocycles. The lowest BCUT2D eigenvalue weighted by molar-refractivity contribution is -0.137. The standard InChI is InChI=1S/C24H18F3N5O4/c1-13(33)18-9-15(2-3-19(18)36-20-5-7-30-22-17(20)4-6-29-22)32-21(34)12-31(23(32)35)16-8-14(10-28-11-16)24(25,26)27/h2-11,13,33H,12H2,1H3,(H,29,30). The highest BCUT2D eigenvalue weighted by Gasteiger charge is 2.40. The van der Waals surface area contributed by atoms with Gasteiger partial charge in [0.2, 0.25) is 0 Å². The minimum absolute atomic E-state index is 0.136. The van der Waals surface area contributed by atoms with E-state index < -0.39 is 36.3 Å². The zero-order valence-electron chi connectivity index (χ0n) is 18.7. The number of H-pyrrole nitrogens is 1. The first-order chi connectivity index (χ1) is 17.1. The summed E-state index contributed by atoms with van der Waals surface area (Å²) in [4.78, 5) is 38.3. The van der Waals surface area contributed by atoms with Crippen LogP contribution in [-0.4, -0.2) is 38.5 Å². The fourth-order valence-corrected chi connectivity index (χ4v) is 3.92. The Labute approximate surface area is 201 Å². The third-order valence-electron chi connectivity index (χ3n) is 5.67. The van der Waals surface area contributed by atoms with Crippen molar-refractivity contribution in [3.05, 3.63) is 72.3 Å². The average molecular weight is 497 g/mol. The highest BCUT2D eigenvalue weighted by Crippen LogP contribution is 2.37. The number of aliphatic hydroxyl groups is 1. The van der Waals surface area contributed by atoms with Crippen molar-refractivity contribution in [2.45, 2.75) is 19.2 Å². The predicted molar refractivity (Wildman–Crippen MR) is 123 cm³/mol. The van der Waals surface area contributed by atoms with E-state index in [-0.39, 0.29) is 11.4 Å². The van der Waals surface area contributed by atoms with Crippen LogP contribution in [0.1, 0.15) is 24.2 Å². The normalized spacial score (nSPS) is 15.1. The molecular weight excluding hydrogens is 479 g/mol. The second kappa shape index (κ2) is 8.64. The molecule has 1 aromatic carbocycles. The summed E-state index contributed by atoms with van der Waals surface area (Å²) in [5.74, 6) is 0.124. The molecule has 2 N–H and O–H groups in total. The van der Waals surface area contributed by atoms with Crippen LogP contribution in [0.15, 0.2) is 61.2 Å². The number of fused-ring (bicyclic) bond motifs is 1. The third-order valence-corrected chi connectivity index (χ3v) is 5.67. The Morgan fingerprint density at radius 3 is 2.64 bits per heavy atom. The molecule has 0 saturated carbocycles. The molecule has 0 bridgehead atoms. The van der Waals surface area contributed by atoms with Crippen molar-refractivity contribution in [1.82, 2.24) is 15.0 Å². The van der Waals surface area contributed by atoms with Gasteiger partial charge in [0.1, 0.15) is 23.7 Å². The van der Waals surface area contributed by atoms with Crippen LogP contribution in [0.2, 0.25) is 0 Å². The van der Waals surface area contributed by atoms with Crippen LogP contribution in [0.4, 0.5) is 29.3 Å². The Morgan fingerprint density at radius 2 is 1.89 bits per heavy atom. The summed E-state index contributed by atoms with van der Waals surface area (Å²) in [6.07, 6.45) is -0.693. The lowest BCUT2D eigenvalue weighted by Gasteiger charge is -2.20. The molecule has 0 radical (unpaired) electrons. The van der Waals surface area contributed by atoms with E-state index >= 15 is 0 Å². The molecule has 9 nitrogen and oxygen atoms in total. The molecule has 1 aliphatic rings. The van der Waals surface area contributed by atoms with Crippen molar-refractivity contribution in [1.29, 1.82) is 0 Å². The zero-order valence-corrected chi connectivity index (χ0v) is 18.7. The number of alkyl halides is 3. The lowest BCUT2D eigenvalue weighted by Crippen LogP contribution is -2.33. The number of halogens is 3. The van der Waals surface area contributed by atoms with Crippen molar-refractivity contribution in [3.63, 3.8) is 0 Å². The van der Waals surface area contributed by atoms with Crippen LogP contribution in [-0.2, 0) is 11.0 Å². The van der Waals surface area contributed by atoms with Crippen LogP contribution >= 0.6 is 0 Å². The first-order valence-corrected chi connectivity index (χ1v) is 10.7. The van der Waals surface area contributed by atoms with Gasteiger partial charge in [-0.15, -0.1) is 0 Å². The van der Waals surface area contributed by atoms with Gasteiger partial charge in [0, 0.05) is 24.2 Å². The van der Waals surface area contributed by atoms with Gasteiger partial charge in [0.05, 0.1) is 34.6 Å². The van der Waals surface area contributed by atoms with Crippen molar-refractivity contribution in [3.8, 4) is 11.5 Å². The first-order valence-electron chi connectivity index (χ1n) is 10.7. The van der Waals surface area contributed by atoms with Crippen molar-refractivity contribution in [2.75, 3.05) is 16.3 Å². The molecule has 3 amide bonds. The number of anilines is 2. The number of carbonyl (C=O) groups is 2. The number of amides is 3. The van der Waals surface area contributed by atoms with E-state index in [9.17, 15) is 27.9 Å². The van der Waals surface area contributed by atoms with Crippen LogP contribution in [0, 0.1) is 0 Å². The number of urea groups is 1. The molecule has 12 heteroatoms. The van der Waals surface area contributed by atoms with Gasteiger partial charge in [0.15, 0.2) is 0 Å². The quantitative estimate of drug-likeness (QED) is 0.384. The van der Waals surface area contributed by atoms with Crippen molar-refractivity contribution < 1.29 is 32.6 Å². The highest BCUT2D eigenvalue weighted by molar-refractivity contribution is 6.27. The Hall–Kier alpha value is -4.45. The fraction of sp³-hybridized carbons (Fsp3) is 0.167. The van der Waals surface area contributed by atoms with Gasteiger partial charge in [-0.3, -0.25) is 14.7 Å². The summed E-state index contributed by atoms with van der Waals surface area (Å²) in [6.45, 7) is 1.03. The Morgan fingerprint density at radius 1 is 1.08 bits per heavy atom. The Bertz CT molecular complexity index is 1480. The second-order valence-electron chi connectivity index (χ2n) is 8.08. The number of aliphatic hydroxyl groups excluding tert-OH is 1. The summed E-state index contributed by atoms with van der Waals surface area (Å²) < 4.78 is 45.3. The van der Waals surface area contributed by atoms with E-state index in [0.29, 0.717) is 34.3 Å². The van der Waals surface area contributed by atoms with E-state index in [1.165, 1.54) is 25.1 Å². The molecule has 36 heavy (non-hydrogen) atoms. The van der Waals surface area contributed by atoms with Gasteiger partial charge in [-0.05, 0) is 43.3 Å². The fourth-order valence-electron chi connectivity index (χ4n) is 3.92. The number of hydrogen-bond donors (Lipinski definition) is 2. The number of carbonyl (C=O) groups excluding carboxylic acids is 2. The van der Waals surface area contributed by atoms with Crippen LogP contribution < -0.4 is 14.5 Å². The van der Waals surface area contributed by atoms with Crippen LogP contribution in [0.3, 0.4) is 0 Å². The van der Waals surface area contributed by atoms with Crippen LogP contribution in [0.5, 0.6) is 11.5 Å². The number of nitrogens with one attached hydrogen (secondary N) is 1. The van der Waals surface area contributed by atoms with E-state index in [0.717, 1.165) is 22.1 Å². The van der Waals surface area contributed by atoms with Gasteiger partial charge in [-0.25, -0.2) is 14.7 Å². The van der Waals surface area contributed by atoms with E-state index in [1.54, 1.807) is 24.5 Å². The molecule has 0 spiro atoms. The minimum atomic E-state index is -4.65. The molecular formula is C24H18F3N5O4. The topological polar surface area (TPSA) is 112 Å². The molecule has 4 heterocycles. The average Bonchev–Trinajstić information content (AvgIpc) is 3.43. The Kier molecular flexibility index (Phi) is 5.59. The summed E-state index contributed by atoms with van der Waals surface area (Å²) >= 11 is 0. The number of aromatic amines is 1. The SMILES string of the molecule is CC(O)c1cc(N2C(=O)CN(c3cncc(C(F)(F)F)c3)C2=O)ccc1Oc1ccnc2[nH]ccc12. The number of hydrogen-bond acceptors (Lipinski definition) is 6. The maximum atomic E-state index is 13.1. The maximum absolute atomic E-state index is 13.1. The largest absolute Gasteiger partial charge is 0.456 e. The van der Waals surface area contributed by atoms with Gasteiger partial charge < -0.3 is 14.8 Å². The summed E-state index contributed by atoms with van der Waals surface area (Å²) in [6, 6.07) is 7.76. The van der Waals surface area contributed by atoms with Crippen LogP contribution in [0.25, 0.3) is 11.0 Å². The minimum Gasteiger partial charge on any atom is -0.456 e. The summed E-state index contributed by atoms with van der Waals surface area (Å²) in [5, 5.41) is 11.1. The molecule has 184 valence electrons. The Balaban J connectivity index is 1.46. The number of ether oxygens (including phenoxy) is 1. The molecule has 1 saturated heterocycles.